The minimum absolute atomic E-state index is 0.0351. The summed E-state index contributed by atoms with van der Waals surface area (Å²) in [5.74, 6) is 0. The summed E-state index contributed by atoms with van der Waals surface area (Å²) in [6.45, 7) is -11.7. The molecule has 0 spiro atoms. The number of nitrogens with zero attached hydrogens (tertiary/aromatic N) is 1. The first kappa shape index (κ1) is 3.76. The molecule has 0 bridgehead atoms. The van der Waals surface area contributed by atoms with Crippen LogP contribution in [0.2, 0.25) is 0 Å². The smallest absolute Gasteiger partial charge is 0.108 e. The van der Waals surface area contributed by atoms with E-state index in [1.807, 2.05) is 0 Å². The van der Waals surface area contributed by atoms with Gasteiger partial charge in [-0.3, -0.25) is 0 Å². The van der Waals surface area contributed by atoms with Gasteiger partial charge >= 0.3 is 0 Å². The van der Waals surface area contributed by atoms with Crippen LogP contribution >= 0.6 is 0 Å². The molecule has 0 aromatic heterocycles. The first-order valence-electron chi connectivity index (χ1n) is 15.0. The highest BCUT2D eigenvalue weighted by Crippen LogP contribution is 2.28. The van der Waals surface area contributed by atoms with Crippen molar-refractivity contribution < 1.29 is 30.8 Å². The summed E-state index contributed by atoms with van der Waals surface area (Å²) in [5, 5.41) is 0. The van der Waals surface area contributed by atoms with E-state index in [1.165, 1.54) is 0 Å². The highest BCUT2D eigenvalue weighted by atomic mass is 16.5. The second-order valence-corrected chi connectivity index (χ2v) is 3.58. The number of hydrogen-bond donors (Lipinski definition) is 0. The normalized spacial score (nSPS) is 29.8. The zero-order chi connectivity index (χ0) is 30.6. The molecule has 0 saturated heterocycles. The van der Waals surface area contributed by atoms with Gasteiger partial charge in [0.15, 0.2) is 0 Å². The molecule has 0 aliphatic heterocycles. The van der Waals surface area contributed by atoms with E-state index < -0.39 is 111 Å². The van der Waals surface area contributed by atoms with Crippen LogP contribution in [-0.2, 0) is 4.74 Å². The van der Waals surface area contributed by atoms with E-state index in [0.29, 0.717) is 0 Å². The number of hydrogen-bond acceptors (Lipinski definition) is 2. The summed E-state index contributed by atoms with van der Waals surface area (Å²) < 4.78 is 156. The van der Waals surface area contributed by atoms with Crippen molar-refractivity contribution in [1.82, 2.24) is 4.90 Å². The Labute approximate surface area is 148 Å². The van der Waals surface area contributed by atoms with Gasteiger partial charge in [0.25, 0.3) is 0 Å². The molecule has 2 aromatic carbocycles. The van der Waals surface area contributed by atoms with E-state index in [1.54, 1.807) is 0 Å². The molecule has 0 saturated carbocycles. The third-order valence-corrected chi connectivity index (χ3v) is 2.20. The standard InChI is InChI=1S/C18H23NO/c1-15-9-7-8-12-17(15)18(20-14-13-19(2)3)16-10-5-4-6-11-16/h4-12,18H,13-14H2,1-3H3/i1D3,2D3,3D3,4D,5D,6D,7D,8D,9D,10D,11D,12D,18D. The SMILES string of the molecule is [2H]c1c([2H])c([2H])c(C([2H])(OCCN(C([2H])([2H])[2H])C([2H])([2H])[2H])c2c([2H])c([2H])c([2H])c([2H])c2C([2H])([2H])[2H])c([2H])c1[2H]. The van der Waals surface area contributed by atoms with Crippen molar-refractivity contribution in [2.45, 2.75) is 12.9 Å². The fraction of sp³-hybridized carbons (Fsp3) is 0.333. The summed E-state index contributed by atoms with van der Waals surface area (Å²) in [5.41, 5.74) is -3.28. The lowest BCUT2D eigenvalue weighted by atomic mass is 9.97. The number of likely N-dealkylation sites (N-methyl/N-ethyl adjacent to an activating group) is 1. The molecule has 2 aromatic rings. The third-order valence-electron chi connectivity index (χ3n) is 2.20. The number of rotatable bonds is 6. The molecule has 0 aliphatic carbocycles. The molecule has 0 fully saturated rings. The molecule has 0 amide bonds. The monoisotopic (exact) mass is 288 g/mol. The van der Waals surface area contributed by atoms with Crippen LogP contribution in [0.4, 0.5) is 0 Å². The lowest BCUT2D eigenvalue weighted by Crippen LogP contribution is -2.20. The Morgan fingerprint density at radius 2 is 1.90 bits per heavy atom. The van der Waals surface area contributed by atoms with Crippen LogP contribution in [0.15, 0.2) is 54.4 Å². The van der Waals surface area contributed by atoms with Crippen molar-refractivity contribution in [2.24, 2.45) is 0 Å². The van der Waals surface area contributed by atoms with Gasteiger partial charge in [0.05, 0.1) is 20.3 Å². The zero-order valence-corrected chi connectivity index (χ0v) is 10.3. The Hall–Kier alpha value is -1.64. The number of benzene rings is 2. The summed E-state index contributed by atoms with van der Waals surface area (Å²) >= 11 is 0. The van der Waals surface area contributed by atoms with E-state index in [-0.39, 0.29) is 4.90 Å². The summed E-state index contributed by atoms with van der Waals surface area (Å²) in [6.07, 6.45) is -3.28. The average molecular weight is 289 g/mol. The maximum absolute atomic E-state index is 9.14. The van der Waals surface area contributed by atoms with Crippen molar-refractivity contribution in [3.05, 3.63) is 71.1 Å². The Morgan fingerprint density at radius 3 is 2.65 bits per heavy atom. The van der Waals surface area contributed by atoms with E-state index in [4.69, 9.17) is 30.8 Å². The van der Waals surface area contributed by atoms with Gasteiger partial charge < -0.3 is 9.64 Å². The predicted molar refractivity (Wildman–Crippen MR) is 84.0 cm³/mol. The molecule has 20 heavy (non-hydrogen) atoms. The second kappa shape index (κ2) is 7.22. The van der Waals surface area contributed by atoms with Crippen LogP contribution in [0.5, 0.6) is 0 Å². The van der Waals surface area contributed by atoms with Crippen LogP contribution in [-0.4, -0.2) is 32.0 Å². The van der Waals surface area contributed by atoms with Gasteiger partial charge in [0.2, 0.25) is 0 Å². The molecule has 2 nitrogen and oxygen atoms in total. The fourth-order valence-corrected chi connectivity index (χ4v) is 1.35. The Morgan fingerprint density at radius 1 is 1.15 bits per heavy atom. The quantitative estimate of drug-likeness (QED) is 0.804. The minimum atomic E-state index is -3.34. The topological polar surface area (TPSA) is 12.5 Å². The van der Waals surface area contributed by atoms with Gasteiger partial charge in [-0.1, -0.05) is 54.4 Å². The average Bonchev–Trinajstić information content (AvgIpc) is 2.77. The molecule has 0 aliphatic rings. The lowest BCUT2D eigenvalue weighted by Gasteiger charge is -2.22. The van der Waals surface area contributed by atoms with Crippen LogP contribution in [0.25, 0.3) is 0 Å². The van der Waals surface area contributed by atoms with Crippen molar-refractivity contribution in [3.8, 4) is 0 Å². The van der Waals surface area contributed by atoms with Crippen LogP contribution < -0.4 is 0 Å². The van der Waals surface area contributed by atoms with Gasteiger partial charge in [-0.25, -0.2) is 0 Å². The number of ether oxygens (including phenoxy) is 1. The van der Waals surface area contributed by atoms with Crippen molar-refractivity contribution in [1.29, 1.82) is 0 Å². The summed E-state index contributed by atoms with van der Waals surface area (Å²) in [7, 11) is 0. The van der Waals surface area contributed by atoms with E-state index in [0.717, 1.165) is 0 Å². The van der Waals surface area contributed by atoms with E-state index in [2.05, 4.69) is 0 Å². The highest BCUT2D eigenvalue weighted by molar-refractivity contribution is 5.35. The van der Waals surface area contributed by atoms with E-state index in [9.17, 15) is 0 Å². The van der Waals surface area contributed by atoms with Gasteiger partial charge in [-0.2, -0.15) is 0 Å². The summed E-state index contributed by atoms with van der Waals surface area (Å²) in [6, 6.07) is -9.23. The molecule has 1 atom stereocenters. The molecule has 0 heterocycles. The van der Waals surface area contributed by atoms with Crippen LogP contribution in [0.3, 0.4) is 0 Å². The third kappa shape index (κ3) is 3.92. The molecule has 106 valence electrons. The molecule has 1 unspecified atom stereocenters. The first-order chi connectivity index (χ1) is 17.4. The van der Waals surface area contributed by atoms with Gasteiger partial charge in [-0.15, -0.1) is 0 Å². The van der Waals surface area contributed by atoms with Crippen molar-refractivity contribution in [2.75, 3.05) is 27.1 Å². The second-order valence-electron chi connectivity index (χ2n) is 3.58. The Bertz CT molecular complexity index is 1220. The van der Waals surface area contributed by atoms with Gasteiger partial charge in [0.1, 0.15) is 6.08 Å². The van der Waals surface area contributed by atoms with Gasteiger partial charge in [0, 0.05) is 18.9 Å². The lowest BCUT2D eigenvalue weighted by molar-refractivity contribution is 0.0683. The fourth-order valence-electron chi connectivity index (χ4n) is 1.35. The van der Waals surface area contributed by atoms with Gasteiger partial charge in [-0.05, 0) is 37.5 Å². The molecular weight excluding hydrogens is 246 g/mol. The van der Waals surface area contributed by atoms with E-state index >= 15 is 0 Å². The molecule has 2 rings (SSSR count). The predicted octanol–water partition coefficient (Wildman–Crippen LogP) is 3.66. The van der Waals surface area contributed by atoms with Crippen molar-refractivity contribution >= 4 is 0 Å². The Kier molecular flexibility index (Phi) is 1.36. The largest absolute Gasteiger partial charge is 0.367 e. The minimum Gasteiger partial charge on any atom is -0.367 e. The molecule has 0 radical (unpaired) electrons. The molecule has 2 heteroatoms. The first-order valence-corrected chi connectivity index (χ1v) is 5.51. The molecule has 0 N–H and O–H groups in total. The maximum atomic E-state index is 9.14. The maximum Gasteiger partial charge on any atom is 0.108 e. The Balaban J connectivity index is 3.00. The van der Waals surface area contributed by atoms with Crippen LogP contribution in [0, 0.1) is 6.85 Å². The highest BCUT2D eigenvalue weighted by Gasteiger charge is 2.16. The summed E-state index contributed by atoms with van der Waals surface area (Å²) in [4.78, 5) is 0.0351. The zero-order valence-electron chi connectivity index (χ0n) is 29.3. The van der Waals surface area contributed by atoms with Crippen LogP contribution in [0.1, 0.15) is 48.8 Å². The van der Waals surface area contributed by atoms with Crippen molar-refractivity contribution in [3.63, 3.8) is 0 Å². The molecular formula is C18H23NO.